The summed E-state index contributed by atoms with van der Waals surface area (Å²) in [6, 6.07) is 0. The van der Waals surface area contributed by atoms with E-state index in [-0.39, 0.29) is 25.1 Å². The van der Waals surface area contributed by atoms with Gasteiger partial charge in [0.2, 0.25) is 0 Å². The van der Waals surface area contributed by atoms with Crippen molar-refractivity contribution in [2.75, 3.05) is 0 Å². The second kappa shape index (κ2) is 16.2. The van der Waals surface area contributed by atoms with Crippen LogP contribution in [0.25, 0.3) is 0 Å². The first-order valence-electron chi connectivity index (χ1n) is 8.77. The van der Waals surface area contributed by atoms with Crippen LogP contribution in [0, 0.1) is 0 Å². The minimum Gasteiger partial charge on any atom is -0.481 e. The van der Waals surface area contributed by atoms with Crippen molar-refractivity contribution >= 4 is 5.97 Å². The molecule has 0 aromatic heterocycles. The number of carbonyl (C=O) groups is 1. The van der Waals surface area contributed by atoms with Gasteiger partial charge in [-0.15, -0.1) is 0 Å². The third-order valence-electron chi connectivity index (χ3n) is 3.37. The number of rotatable bonds is 14. The van der Waals surface area contributed by atoms with Crippen LogP contribution in [-0.2, 0) is 4.79 Å². The fourth-order valence-electron chi connectivity index (χ4n) is 1.98. The van der Waals surface area contributed by atoms with Gasteiger partial charge in [-0.2, -0.15) is 0 Å². The molecule has 0 amide bonds. The maximum Gasteiger partial charge on any atom is 0.303 e. The fraction of sp³-hybridized carbons (Fsp3) is 0.550. The molecule has 0 unspecified atom stereocenters. The Labute approximate surface area is 144 Å². The summed E-state index contributed by atoms with van der Waals surface area (Å²) in [4.78, 5) is 10.3. The highest BCUT2D eigenvalue weighted by atomic mass is 19.1. The molecule has 0 heterocycles. The summed E-state index contributed by atoms with van der Waals surface area (Å²) in [6.45, 7) is 2.18. The number of allylic oxidation sites excluding steroid dienone is 8. The molecular formula is C20H30F2O2. The Morgan fingerprint density at radius 2 is 1.58 bits per heavy atom. The zero-order chi connectivity index (χ0) is 18.0. The van der Waals surface area contributed by atoms with Crippen molar-refractivity contribution in [3.05, 3.63) is 48.1 Å². The molecule has 0 fully saturated rings. The number of carboxylic acids is 1. The van der Waals surface area contributed by atoms with E-state index in [2.05, 4.69) is 19.1 Å². The predicted molar refractivity (Wildman–Crippen MR) is 96.1 cm³/mol. The van der Waals surface area contributed by atoms with Crippen LogP contribution in [0.5, 0.6) is 0 Å². The molecule has 1 N–H and O–H groups in total. The van der Waals surface area contributed by atoms with E-state index in [0.29, 0.717) is 12.8 Å². The van der Waals surface area contributed by atoms with Crippen molar-refractivity contribution < 1.29 is 18.7 Å². The van der Waals surface area contributed by atoms with E-state index >= 15 is 0 Å². The molecule has 0 atom stereocenters. The van der Waals surface area contributed by atoms with Crippen LogP contribution in [0.15, 0.2) is 48.1 Å². The second-order valence-electron chi connectivity index (χ2n) is 5.67. The Balaban J connectivity index is 3.83. The van der Waals surface area contributed by atoms with Crippen molar-refractivity contribution in [2.24, 2.45) is 0 Å². The zero-order valence-corrected chi connectivity index (χ0v) is 14.6. The average molecular weight is 340 g/mol. The van der Waals surface area contributed by atoms with Gasteiger partial charge < -0.3 is 5.11 Å². The number of hydrogen-bond acceptors (Lipinski definition) is 1. The maximum atomic E-state index is 13.5. The van der Waals surface area contributed by atoms with Crippen LogP contribution in [0.1, 0.15) is 71.1 Å². The van der Waals surface area contributed by atoms with Gasteiger partial charge in [-0.1, -0.05) is 50.1 Å². The Morgan fingerprint density at radius 3 is 2.29 bits per heavy atom. The largest absolute Gasteiger partial charge is 0.481 e. The Morgan fingerprint density at radius 1 is 0.875 bits per heavy atom. The van der Waals surface area contributed by atoms with Gasteiger partial charge in [-0.25, -0.2) is 8.78 Å². The van der Waals surface area contributed by atoms with Crippen molar-refractivity contribution in [3.63, 3.8) is 0 Å². The lowest BCUT2D eigenvalue weighted by Crippen LogP contribution is -1.92. The molecule has 2 nitrogen and oxygen atoms in total. The standard InChI is InChI=1S/C20H30F2O2/c1-2-3-4-5-6-7-8-9-10-13-18(21)16-17-19(22)14-11-12-15-20(23)24/h6-7,9-10,14,16H,2-5,8,11-13,15,17H2,1H3,(H,23,24). The zero-order valence-electron chi connectivity index (χ0n) is 14.6. The van der Waals surface area contributed by atoms with Gasteiger partial charge in [0.25, 0.3) is 0 Å². The van der Waals surface area contributed by atoms with Crippen LogP contribution in [0.3, 0.4) is 0 Å². The molecule has 136 valence electrons. The molecule has 0 aromatic rings. The van der Waals surface area contributed by atoms with Crippen LogP contribution in [0.2, 0.25) is 0 Å². The molecule has 0 aliphatic carbocycles. The lowest BCUT2D eigenvalue weighted by molar-refractivity contribution is -0.137. The van der Waals surface area contributed by atoms with Gasteiger partial charge in [0, 0.05) is 19.3 Å². The third-order valence-corrected chi connectivity index (χ3v) is 3.37. The van der Waals surface area contributed by atoms with Gasteiger partial charge in [-0.3, -0.25) is 4.79 Å². The summed E-state index contributed by atoms with van der Waals surface area (Å²) >= 11 is 0. The van der Waals surface area contributed by atoms with E-state index in [9.17, 15) is 13.6 Å². The van der Waals surface area contributed by atoms with Gasteiger partial charge >= 0.3 is 5.97 Å². The third kappa shape index (κ3) is 16.7. The van der Waals surface area contributed by atoms with Crippen LogP contribution in [0.4, 0.5) is 8.78 Å². The summed E-state index contributed by atoms with van der Waals surface area (Å²) in [5.41, 5.74) is 0. The van der Waals surface area contributed by atoms with E-state index in [4.69, 9.17) is 5.11 Å². The van der Waals surface area contributed by atoms with Gasteiger partial charge in [0.05, 0.1) is 5.83 Å². The van der Waals surface area contributed by atoms with E-state index in [1.54, 1.807) is 6.08 Å². The van der Waals surface area contributed by atoms with Crippen molar-refractivity contribution in [3.8, 4) is 0 Å². The molecular weight excluding hydrogens is 310 g/mol. The summed E-state index contributed by atoms with van der Waals surface area (Å²) in [5, 5.41) is 8.46. The first-order valence-corrected chi connectivity index (χ1v) is 8.77. The minimum absolute atomic E-state index is 0.0197. The first kappa shape index (κ1) is 22.3. The highest BCUT2D eigenvalue weighted by Gasteiger charge is 1.98. The normalized spacial score (nSPS) is 13.3. The molecule has 24 heavy (non-hydrogen) atoms. The van der Waals surface area contributed by atoms with Crippen LogP contribution in [-0.4, -0.2) is 11.1 Å². The lowest BCUT2D eigenvalue weighted by atomic mass is 10.2. The lowest BCUT2D eigenvalue weighted by Gasteiger charge is -1.95. The highest BCUT2D eigenvalue weighted by molar-refractivity contribution is 5.66. The summed E-state index contributed by atoms with van der Waals surface area (Å²) in [6.07, 6.45) is 16.9. The number of unbranched alkanes of at least 4 members (excludes halogenated alkanes) is 4. The van der Waals surface area contributed by atoms with E-state index < -0.39 is 11.8 Å². The number of halogens is 2. The van der Waals surface area contributed by atoms with Crippen molar-refractivity contribution in [2.45, 2.75) is 71.1 Å². The molecule has 0 bridgehead atoms. The minimum atomic E-state index is -0.891. The van der Waals surface area contributed by atoms with Gasteiger partial charge in [0.1, 0.15) is 5.83 Å². The molecule has 0 saturated heterocycles. The summed E-state index contributed by atoms with van der Waals surface area (Å²) in [7, 11) is 0. The summed E-state index contributed by atoms with van der Waals surface area (Å²) in [5.74, 6) is -1.67. The Hall–Kier alpha value is -1.71. The molecule has 0 aliphatic heterocycles. The SMILES string of the molecule is CCCCCC=CCC=CCC(F)=CCC(F)=CCCCC(=O)O. The van der Waals surface area contributed by atoms with E-state index in [0.717, 1.165) is 12.8 Å². The monoisotopic (exact) mass is 340 g/mol. The van der Waals surface area contributed by atoms with E-state index in [1.165, 1.54) is 31.4 Å². The van der Waals surface area contributed by atoms with Gasteiger partial charge in [0.15, 0.2) is 0 Å². The quantitative estimate of drug-likeness (QED) is 0.278. The molecule has 0 aliphatic rings. The molecule has 0 aromatic carbocycles. The van der Waals surface area contributed by atoms with Crippen LogP contribution < -0.4 is 0 Å². The topological polar surface area (TPSA) is 37.3 Å². The smallest absolute Gasteiger partial charge is 0.303 e. The van der Waals surface area contributed by atoms with Crippen molar-refractivity contribution in [1.29, 1.82) is 0 Å². The average Bonchev–Trinajstić information content (AvgIpc) is 2.55. The molecule has 0 spiro atoms. The number of aliphatic carboxylic acids is 1. The predicted octanol–water partition coefficient (Wildman–Crippen LogP) is 6.81. The van der Waals surface area contributed by atoms with Crippen molar-refractivity contribution in [1.82, 2.24) is 0 Å². The number of carboxylic acid groups (broad SMARTS) is 1. The van der Waals surface area contributed by atoms with E-state index in [1.807, 2.05) is 6.08 Å². The maximum absolute atomic E-state index is 13.5. The second-order valence-corrected chi connectivity index (χ2v) is 5.67. The van der Waals surface area contributed by atoms with Crippen LogP contribution >= 0.6 is 0 Å². The molecule has 0 saturated carbocycles. The fourth-order valence-corrected chi connectivity index (χ4v) is 1.98. The Bertz CT molecular complexity index is 449. The molecule has 4 heteroatoms. The Kier molecular flexibility index (Phi) is 15.0. The molecule has 0 radical (unpaired) electrons. The highest BCUT2D eigenvalue weighted by Crippen LogP contribution is 2.13. The summed E-state index contributed by atoms with van der Waals surface area (Å²) < 4.78 is 26.9. The first-order chi connectivity index (χ1) is 11.6. The molecule has 0 rings (SSSR count). The van der Waals surface area contributed by atoms with Gasteiger partial charge in [-0.05, 0) is 38.2 Å². The number of hydrogen-bond donors (Lipinski definition) is 1.